The number of methoxy groups -OCH3 is 2. The lowest BCUT2D eigenvalue weighted by Crippen LogP contribution is -2.04. The van der Waals surface area contributed by atoms with Gasteiger partial charge in [-0.3, -0.25) is 0 Å². The van der Waals surface area contributed by atoms with Crippen LogP contribution in [-0.4, -0.2) is 36.1 Å². The summed E-state index contributed by atoms with van der Waals surface area (Å²) >= 11 is 0. The van der Waals surface area contributed by atoms with Gasteiger partial charge in [0.1, 0.15) is 5.75 Å². The number of rotatable bonds is 6. The van der Waals surface area contributed by atoms with E-state index in [0.717, 1.165) is 27.6 Å². The fraction of sp³-hybridized carbons (Fsp3) is 0.125. The molecular formula is C32H31N5O5. The molecule has 0 bridgehead atoms. The molecule has 0 amide bonds. The Morgan fingerprint density at radius 1 is 0.738 bits per heavy atom. The van der Waals surface area contributed by atoms with Crippen molar-refractivity contribution in [1.82, 2.24) is 9.97 Å². The highest BCUT2D eigenvalue weighted by molar-refractivity contribution is 5.97. The van der Waals surface area contributed by atoms with Crippen molar-refractivity contribution >= 4 is 45.7 Å². The summed E-state index contributed by atoms with van der Waals surface area (Å²) in [5.41, 5.74) is 16.5. The molecule has 10 nitrogen and oxygen atoms in total. The monoisotopic (exact) mass is 565 g/mol. The highest BCUT2D eigenvalue weighted by atomic mass is 16.5. The largest absolute Gasteiger partial charge is 0.465 e. The zero-order valence-corrected chi connectivity index (χ0v) is 23.7. The minimum atomic E-state index is -0.382. The van der Waals surface area contributed by atoms with Crippen LogP contribution in [-0.2, 0) is 9.47 Å². The molecule has 5 rings (SSSR count). The van der Waals surface area contributed by atoms with Crippen LogP contribution in [0, 0.1) is 13.8 Å². The average molecular weight is 566 g/mol. The van der Waals surface area contributed by atoms with Crippen LogP contribution >= 0.6 is 0 Å². The standard InChI is InChI=1S/C23H20N4O3.C9H11NO2/c1-14-13-15(22(28)29-2)7-9-19(14)26-23-25-12-11-21(27-23)30-20-10-8-18(24)16-5-3-4-6-17(16)20;1-6-5-7(9(11)12-2)3-4-8(6)10/h3-13H,24H2,1-2H3,(H,25,26,27);3-5H,10H2,1-2H3. The molecule has 0 aliphatic heterocycles. The number of nitrogens with zero attached hydrogens (tertiary/aromatic N) is 2. The topological polar surface area (TPSA) is 152 Å². The molecule has 0 saturated carbocycles. The number of anilines is 4. The molecule has 42 heavy (non-hydrogen) atoms. The number of aromatic nitrogens is 2. The van der Waals surface area contributed by atoms with Gasteiger partial charge in [-0.1, -0.05) is 24.3 Å². The number of esters is 2. The summed E-state index contributed by atoms with van der Waals surface area (Å²) < 4.78 is 15.3. The van der Waals surface area contributed by atoms with E-state index in [1.165, 1.54) is 14.2 Å². The van der Waals surface area contributed by atoms with E-state index in [2.05, 4.69) is 20.0 Å². The lowest BCUT2D eigenvalue weighted by Gasteiger charge is -2.12. The zero-order chi connectivity index (χ0) is 30.2. The van der Waals surface area contributed by atoms with Crippen LogP contribution in [0.2, 0.25) is 0 Å². The maximum Gasteiger partial charge on any atom is 0.337 e. The lowest BCUT2D eigenvalue weighted by atomic mass is 10.1. The average Bonchev–Trinajstić information content (AvgIpc) is 3.01. The summed E-state index contributed by atoms with van der Waals surface area (Å²) in [5, 5.41) is 4.98. The first-order valence-corrected chi connectivity index (χ1v) is 12.9. The van der Waals surface area contributed by atoms with E-state index in [-0.39, 0.29) is 11.9 Å². The minimum Gasteiger partial charge on any atom is -0.465 e. The molecule has 5 N–H and O–H groups in total. The molecule has 1 heterocycles. The Labute approximate surface area is 243 Å². The third kappa shape index (κ3) is 6.92. The summed E-state index contributed by atoms with van der Waals surface area (Å²) in [5.74, 6) is 0.709. The SMILES string of the molecule is COC(=O)c1ccc(N)c(C)c1.COC(=O)c1ccc(Nc2nccc(Oc3ccc(N)c4ccccc34)n2)c(C)c1. The first-order valence-electron chi connectivity index (χ1n) is 12.9. The predicted octanol–water partition coefficient (Wildman–Crippen LogP) is 6.21. The minimum absolute atomic E-state index is 0.335. The number of nitrogens with one attached hydrogen (secondary N) is 1. The second-order valence-electron chi connectivity index (χ2n) is 9.23. The van der Waals surface area contributed by atoms with Crippen LogP contribution in [0.25, 0.3) is 10.8 Å². The van der Waals surface area contributed by atoms with Crippen LogP contribution in [0.4, 0.5) is 23.0 Å². The number of aryl methyl sites for hydroxylation is 2. The van der Waals surface area contributed by atoms with E-state index in [1.807, 2.05) is 50.2 Å². The third-order valence-corrected chi connectivity index (χ3v) is 6.35. The molecule has 214 valence electrons. The number of carbonyl (C=O) groups is 2. The van der Waals surface area contributed by atoms with Crippen molar-refractivity contribution in [2.24, 2.45) is 0 Å². The molecule has 0 radical (unpaired) electrons. The highest BCUT2D eigenvalue weighted by Gasteiger charge is 2.11. The van der Waals surface area contributed by atoms with E-state index in [0.29, 0.717) is 40.1 Å². The van der Waals surface area contributed by atoms with Crippen molar-refractivity contribution < 1.29 is 23.8 Å². The fourth-order valence-corrected chi connectivity index (χ4v) is 4.05. The fourth-order valence-electron chi connectivity index (χ4n) is 4.05. The van der Waals surface area contributed by atoms with Crippen LogP contribution in [0.1, 0.15) is 31.8 Å². The van der Waals surface area contributed by atoms with Gasteiger partial charge in [-0.25, -0.2) is 14.6 Å². The van der Waals surface area contributed by atoms with Gasteiger partial charge in [0.25, 0.3) is 0 Å². The Bertz CT molecular complexity index is 1760. The van der Waals surface area contributed by atoms with Crippen molar-refractivity contribution in [3.8, 4) is 11.6 Å². The van der Waals surface area contributed by atoms with Gasteiger partial charge < -0.3 is 31.0 Å². The van der Waals surface area contributed by atoms with Gasteiger partial charge in [0.2, 0.25) is 11.8 Å². The first kappa shape index (κ1) is 29.3. The van der Waals surface area contributed by atoms with Crippen LogP contribution in [0.3, 0.4) is 0 Å². The van der Waals surface area contributed by atoms with Crippen molar-refractivity contribution in [2.45, 2.75) is 13.8 Å². The molecule has 0 aliphatic carbocycles. The maximum absolute atomic E-state index is 11.7. The van der Waals surface area contributed by atoms with Crippen LogP contribution < -0.4 is 21.5 Å². The number of nitrogens with two attached hydrogens (primary N) is 2. The molecule has 4 aromatic carbocycles. The summed E-state index contributed by atoms with van der Waals surface area (Å²) in [4.78, 5) is 31.4. The molecule has 0 fully saturated rings. The van der Waals surface area contributed by atoms with Crippen molar-refractivity contribution in [3.63, 3.8) is 0 Å². The Kier molecular flexibility index (Phi) is 9.18. The maximum atomic E-state index is 11.7. The van der Waals surface area contributed by atoms with Gasteiger partial charge in [-0.2, -0.15) is 4.98 Å². The van der Waals surface area contributed by atoms with Crippen LogP contribution in [0.5, 0.6) is 11.6 Å². The molecule has 0 unspecified atom stereocenters. The number of fused-ring (bicyclic) bond motifs is 1. The molecule has 0 spiro atoms. The van der Waals surface area contributed by atoms with Gasteiger partial charge in [0, 0.05) is 40.1 Å². The molecular weight excluding hydrogens is 534 g/mol. The van der Waals surface area contributed by atoms with Crippen molar-refractivity contribution in [1.29, 1.82) is 0 Å². The normalized spacial score (nSPS) is 10.3. The first-order chi connectivity index (χ1) is 20.2. The quantitative estimate of drug-likeness (QED) is 0.160. The summed E-state index contributed by atoms with van der Waals surface area (Å²) in [6.07, 6.45) is 1.61. The summed E-state index contributed by atoms with van der Waals surface area (Å²) in [7, 11) is 2.71. The zero-order valence-electron chi connectivity index (χ0n) is 23.7. The predicted molar refractivity (Wildman–Crippen MR) is 163 cm³/mol. The van der Waals surface area contributed by atoms with E-state index >= 15 is 0 Å². The molecule has 5 aromatic rings. The number of carbonyl (C=O) groups excluding carboxylic acids is 2. The summed E-state index contributed by atoms with van der Waals surface area (Å²) in [6, 6.07) is 23.3. The highest BCUT2D eigenvalue weighted by Crippen LogP contribution is 2.33. The second kappa shape index (κ2) is 13.1. The smallest absolute Gasteiger partial charge is 0.337 e. The number of benzene rings is 4. The molecule has 0 saturated heterocycles. The Balaban J connectivity index is 0.000000283. The third-order valence-electron chi connectivity index (χ3n) is 6.35. The Morgan fingerprint density at radius 2 is 1.36 bits per heavy atom. The van der Waals surface area contributed by atoms with E-state index in [4.69, 9.17) is 20.9 Å². The molecule has 0 atom stereocenters. The van der Waals surface area contributed by atoms with Crippen molar-refractivity contribution in [2.75, 3.05) is 31.0 Å². The summed E-state index contributed by atoms with van der Waals surface area (Å²) in [6.45, 7) is 3.73. The van der Waals surface area contributed by atoms with E-state index in [1.54, 1.807) is 48.7 Å². The van der Waals surface area contributed by atoms with Gasteiger partial charge in [0.05, 0.1) is 25.3 Å². The number of hydrogen-bond acceptors (Lipinski definition) is 10. The Hall–Kier alpha value is -5.64. The number of ether oxygens (including phenoxy) is 3. The van der Waals surface area contributed by atoms with E-state index in [9.17, 15) is 9.59 Å². The number of hydrogen-bond donors (Lipinski definition) is 3. The second-order valence-corrected chi connectivity index (χ2v) is 9.23. The molecule has 0 aliphatic rings. The van der Waals surface area contributed by atoms with Gasteiger partial charge in [-0.05, 0) is 73.5 Å². The van der Waals surface area contributed by atoms with Gasteiger partial charge in [-0.15, -0.1) is 0 Å². The van der Waals surface area contributed by atoms with Gasteiger partial charge >= 0.3 is 11.9 Å². The number of nitrogen functional groups attached to an aromatic ring is 2. The lowest BCUT2D eigenvalue weighted by molar-refractivity contribution is 0.0592. The van der Waals surface area contributed by atoms with Crippen LogP contribution in [0.15, 0.2) is 85.1 Å². The van der Waals surface area contributed by atoms with Crippen molar-refractivity contribution in [3.05, 3.63) is 107 Å². The molecule has 10 heteroatoms. The van der Waals surface area contributed by atoms with Gasteiger partial charge in [0.15, 0.2) is 0 Å². The molecule has 1 aromatic heterocycles. The van der Waals surface area contributed by atoms with E-state index < -0.39 is 0 Å². The Morgan fingerprint density at radius 3 is 2.00 bits per heavy atom.